The van der Waals surface area contributed by atoms with Crippen molar-refractivity contribution in [3.8, 4) is 0 Å². The summed E-state index contributed by atoms with van der Waals surface area (Å²) in [5, 5.41) is 0. The Bertz CT molecular complexity index is 279. The summed E-state index contributed by atoms with van der Waals surface area (Å²) in [4.78, 5) is 4.29. The maximum Gasteiger partial charge on any atom is 0.0473 e. The predicted molar refractivity (Wildman–Crippen MR) is 51.6 cm³/mol. The number of nitrogens with two attached hydrogens (primary N) is 1. The molecule has 0 unspecified atom stereocenters. The number of nitrogens with zero attached hydrogens (tertiary/aromatic N) is 1. The van der Waals surface area contributed by atoms with Gasteiger partial charge in [0, 0.05) is 18.4 Å². The van der Waals surface area contributed by atoms with Crippen LogP contribution in [0.2, 0.25) is 0 Å². The second kappa shape index (κ2) is 4.02. The Morgan fingerprint density at radius 1 is 1.67 bits per heavy atom. The van der Waals surface area contributed by atoms with Crippen LogP contribution in [0.15, 0.2) is 18.8 Å². The van der Waals surface area contributed by atoms with Crippen LogP contribution in [0, 0.1) is 0 Å². The Kier molecular flexibility index (Phi) is 3.00. The molecule has 12 heavy (non-hydrogen) atoms. The molecule has 1 heterocycles. The Morgan fingerprint density at radius 2 is 2.42 bits per heavy atom. The first-order valence-electron chi connectivity index (χ1n) is 4.12. The van der Waals surface area contributed by atoms with E-state index >= 15 is 0 Å². The minimum Gasteiger partial charge on any atom is -0.326 e. The van der Waals surface area contributed by atoms with Crippen LogP contribution >= 0.6 is 0 Å². The van der Waals surface area contributed by atoms with Gasteiger partial charge in [0.1, 0.15) is 0 Å². The Hall–Kier alpha value is -1.15. The summed E-state index contributed by atoms with van der Waals surface area (Å²) in [5.74, 6) is 0. The average Bonchev–Trinajstić information content (AvgIpc) is 2.16. The van der Waals surface area contributed by atoms with Crippen molar-refractivity contribution in [3.63, 3.8) is 0 Å². The summed E-state index contributed by atoms with van der Waals surface area (Å²) in [6.07, 6.45) is 4.59. The molecule has 2 N–H and O–H groups in total. The first kappa shape index (κ1) is 8.94. The number of hydrogen-bond acceptors (Lipinski definition) is 2. The third-order valence-electron chi connectivity index (χ3n) is 1.85. The normalized spacial score (nSPS) is 9.83. The molecule has 0 radical (unpaired) electrons. The van der Waals surface area contributed by atoms with Crippen molar-refractivity contribution in [1.82, 2.24) is 4.98 Å². The number of aryl methyl sites for hydroxylation is 1. The highest BCUT2D eigenvalue weighted by Crippen LogP contribution is 2.10. The summed E-state index contributed by atoms with van der Waals surface area (Å²) in [6.45, 7) is 6.35. The van der Waals surface area contributed by atoms with E-state index in [9.17, 15) is 0 Å². The van der Waals surface area contributed by atoms with Gasteiger partial charge in [-0.3, -0.25) is 4.98 Å². The van der Waals surface area contributed by atoms with Crippen molar-refractivity contribution in [3.05, 3.63) is 35.7 Å². The van der Waals surface area contributed by atoms with Crippen LogP contribution in [0.4, 0.5) is 0 Å². The topological polar surface area (TPSA) is 38.9 Å². The van der Waals surface area contributed by atoms with Crippen molar-refractivity contribution in [2.24, 2.45) is 5.73 Å². The van der Waals surface area contributed by atoms with Crippen LogP contribution in [-0.2, 0) is 13.0 Å². The van der Waals surface area contributed by atoms with Gasteiger partial charge in [-0.25, -0.2) is 0 Å². The largest absolute Gasteiger partial charge is 0.326 e. The molecule has 0 saturated carbocycles. The van der Waals surface area contributed by atoms with E-state index in [2.05, 4.69) is 18.5 Å². The molecule has 2 heteroatoms. The quantitative estimate of drug-likeness (QED) is 0.735. The van der Waals surface area contributed by atoms with E-state index < -0.39 is 0 Å². The first-order chi connectivity index (χ1) is 5.81. The van der Waals surface area contributed by atoms with Crippen LogP contribution in [0.1, 0.15) is 23.7 Å². The van der Waals surface area contributed by atoms with Gasteiger partial charge in [0.05, 0.1) is 0 Å². The molecule has 1 rings (SSSR count). The lowest BCUT2D eigenvalue weighted by Crippen LogP contribution is -2.00. The van der Waals surface area contributed by atoms with Gasteiger partial charge in [-0.1, -0.05) is 19.6 Å². The van der Waals surface area contributed by atoms with Crippen LogP contribution in [0.5, 0.6) is 0 Å². The Balaban J connectivity index is 3.10. The lowest BCUT2D eigenvalue weighted by atomic mass is 10.1. The van der Waals surface area contributed by atoms with E-state index in [4.69, 9.17) is 5.73 Å². The van der Waals surface area contributed by atoms with E-state index in [1.165, 1.54) is 0 Å². The summed E-state index contributed by atoms with van der Waals surface area (Å²) >= 11 is 0. The molecule has 1 aromatic heterocycles. The highest BCUT2D eigenvalue weighted by atomic mass is 14.7. The maximum absolute atomic E-state index is 5.49. The zero-order chi connectivity index (χ0) is 8.97. The van der Waals surface area contributed by atoms with E-state index in [0.29, 0.717) is 6.54 Å². The van der Waals surface area contributed by atoms with Gasteiger partial charge in [0.25, 0.3) is 0 Å². The molecule has 0 aromatic carbocycles. The van der Waals surface area contributed by atoms with Gasteiger partial charge in [-0.2, -0.15) is 0 Å². The zero-order valence-corrected chi connectivity index (χ0v) is 7.38. The molecule has 0 aliphatic rings. The fourth-order valence-electron chi connectivity index (χ4n) is 1.14. The minimum atomic E-state index is 0.540. The standard InChI is InChI=1S/C10H14N2/c1-3-9-5-8(6-11)7-12-10(9)4-2/h3,5,7H,1,4,6,11H2,2H3. The van der Waals surface area contributed by atoms with Gasteiger partial charge in [0.15, 0.2) is 0 Å². The smallest absolute Gasteiger partial charge is 0.0473 e. The summed E-state index contributed by atoms with van der Waals surface area (Å²) in [6, 6.07) is 2.04. The van der Waals surface area contributed by atoms with Crippen molar-refractivity contribution in [2.75, 3.05) is 0 Å². The lowest BCUT2D eigenvalue weighted by Gasteiger charge is -2.03. The first-order valence-corrected chi connectivity index (χ1v) is 4.12. The second-order valence-corrected chi connectivity index (χ2v) is 2.64. The molecular weight excluding hydrogens is 148 g/mol. The Labute approximate surface area is 73.1 Å². The van der Waals surface area contributed by atoms with Gasteiger partial charge in [0.2, 0.25) is 0 Å². The number of aromatic nitrogens is 1. The minimum absolute atomic E-state index is 0.540. The summed E-state index contributed by atoms with van der Waals surface area (Å²) in [7, 11) is 0. The number of pyridine rings is 1. The SMILES string of the molecule is C=Cc1cc(CN)cnc1CC. The van der Waals surface area contributed by atoms with Crippen molar-refractivity contribution < 1.29 is 0 Å². The highest BCUT2D eigenvalue weighted by Gasteiger charge is 1.98. The van der Waals surface area contributed by atoms with Gasteiger partial charge in [-0.15, -0.1) is 0 Å². The summed E-state index contributed by atoms with van der Waals surface area (Å²) in [5.41, 5.74) is 8.73. The van der Waals surface area contributed by atoms with E-state index in [-0.39, 0.29) is 0 Å². The average molecular weight is 162 g/mol. The maximum atomic E-state index is 5.49. The monoisotopic (exact) mass is 162 g/mol. The molecule has 0 saturated heterocycles. The van der Waals surface area contributed by atoms with Crippen molar-refractivity contribution >= 4 is 6.08 Å². The number of rotatable bonds is 3. The van der Waals surface area contributed by atoms with Crippen LogP contribution in [0.3, 0.4) is 0 Å². The molecule has 0 aliphatic heterocycles. The van der Waals surface area contributed by atoms with E-state index in [1.54, 1.807) is 0 Å². The molecular formula is C10H14N2. The van der Waals surface area contributed by atoms with E-state index in [1.807, 2.05) is 18.3 Å². The van der Waals surface area contributed by atoms with Gasteiger partial charge in [-0.05, 0) is 23.6 Å². The van der Waals surface area contributed by atoms with Gasteiger partial charge >= 0.3 is 0 Å². The molecule has 0 bridgehead atoms. The van der Waals surface area contributed by atoms with Crippen LogP contribution in [0.25, 0.3) is 6.08 Å². The molecule has 2 nitrogen and oxygen atoms in total. The molecule has 0 aliphatic carbocycles. The number of hydrogen-bond donors (Lipinski definition) is 1. The van der Waals surface area contributed by atoms with Crippen molar-refractivity contribution in [1.29, 1.82) is 0 Å². The molecule has 0 spiro atoms. The van der Waals surface area contributed by atoms with Crippen LogP contribution in [-0.4, -0.2) is 4.98 Å². The fraction of sp³-hybridized carbons (Fsp3) is 0.300. The molecule has 0 amide bonds. The van der Waals surface area contributed by atoms with Crippen LogP contribution < -0.4 is 5.73 Å². The zero-order valence-electron chi connectivity index (χ0n) is 7.38. The van der Waals surface area contributed by atoms with Gasteiger partial charge < -0.3 is 5.73 Å². The third-order valence-corrected chi connectivity index (χ3v) is 1.85. The highest BCUT2D eigenvalue weighted by molar-refractivity contribution is 5.50. The molecule has 0 atom stereocenters. The predicted octanol–water partition coefficient (Wildman–Crippen LogP) is 1.75. The fourth-order valence-corrected chi connectivity index (χ4v) is 1.14. The third kappa shape index (κ3) is 1.71. The molecule has 1 aromatic rings. The molecule has 64 valence electrons. The van der Waals surface area contributed by atoms with Crippen molar-refractivity contribution in [2.45, 2.75) is 19.9 Å². The summed E-state index contributed by atoms with van der Waals surface area (Å²) < 4.78 is 0. The lowest BCUT2D eigenvalue weighted by molar-refractivity contribution is 0.983. The Morgan fingerprint density at radius 3 is 2.92 bits per heavy atom. The van der Waals surface area contributed by atoms with E-state index in [0.717, 1.165) is 23.2 Å². The second-order valence-electron chi connectivity index (χ2n) is 2.64. The molecule has 0 fully saturated rings.